The fourth-order valence-electron chi connectivity index (χ4n) is 3.30. The van der Waals surface area contributed by atoms with E-state index in [1.807, 2.05) is 58.0 Å². The van der Waals surface area contributed by atoms with E-state index in [9.17, 15) is 9.18 Å². The lowest BCUT2D eigenvalue weighted by atomic mass is 10.1. The van der Waals surface area contributed by atoms with Gasteiger partial charge in [0.05, 0.1) is 28.7 Å². The molecule has 0 fully saturated rings. The van der Waals surface area contributed by atoms with Crippen LogP contribution in [0.5, 0.6) is 0 Å². The van der Waals surface area contributed by atoms with Crippen LogP contribution in [0.25, 0.3) is 22.5 Å². The van der Waals surface area contributed by atoms with Gasteiger partial charge in [-0.3, -0.25) is 4.79 Å². The van der Waals surface area contributed by atoms with Crippen LogP contribution in [0.1, 0.15) is 55.1 Å². The van der Waals surface area contributed by atoms with E-state index in [0.29, 0.717) is 40.5 Å². The summed E-state index contributed by atoms with van der Waals surface area (Å²) in [6.45, 7) is 11.9. The third-order valence-electron chi connectivity index (χ3n) is 4.87. The number of hydrogen-bond donors (Lipinski definition) is 2. The molecular formula is C27H32FN5O2. The van der Waals surface area contributed by atoms with Crippen LogP contribution in [0.3, 0.4) is 0 Å². The van der Waals surface area contributed by atoms with E-state index in [2.05, 4.69) is 20.4 Å². The zero-order valence-corrected chi connectivity index (χ0v) is 21.0. The van der Waals surface area contributed by atoms with Crippen molar-refractivity contribution in [2.45, 2.75) is 48.1 Å². The predicted octanol–water partition coefficient (Wildman–Crippen LogP) is 6.12. The molecule has 3 N–H and O–H groups in total. The highest BCUT2D eigenvalue weighted by atomic mass is 19.1. The highest BCUT2D eigenvalue weighted by molar-refractivity contribution is 5.95. The van der Waals surface area contributed by atoms with Crippen molar-refractivity contribution in [3.8, 4) is 22.5 Å². The number of aromatic nitrogens is 3. The summed E-state index contributed by atoms with van der Waals surface area (Å²) < 4.78 is 20.0. The van der Waals surface area contributed by atoms with E-state index in [-0.39, 0.29) is 11.4 Å². The van der Waals surface area contributed by atoms with Crippen LogP contribution < -0.4 is 11.1 Å². The number of anilines is 1. The summed E-state index contributed by atoms with van der Waals surface area (Å²) >= 11 is 0. The zero-order chi connectivity index (χ0) is 26.0. The Morgan fingerprint density at radius 1 is 1.06 bits per heavy atom. The summed E-state index contributed by atoms with van der Waals surface area (Å²) in [6.07, 6.45) is 1.52. The van der Waals surface area contributed by atoms with Gasteiger partial charge in [0.25, 0.3) is 5.91 Å². The van der Waals surface area contributed by atoms with Crippen molar-refractivity contribution >= 4 is 11.7 Å². The van der Waals surface area contributed by atoms with Crippen LogP contribution in [0, 0.1) is 19.7 Å². The molecule has 0 aliphatic carbocycles. The molecule has 0 atom stereocenters. The lowest BCUT2D eigenvalue weighted by molar-refractivity contribution is 0.0947. The largest absolute Gasteiger partial charge is 0.382 e. The third-order valence-corrected chi connectivity index (χ3v) is 4.87. The van der Waals surface area contributed by atoms with Crippen molar-refractivity contribution in [3.63, 3.8) is 0 Å². The SMILES string of the molecule is CC.CC.Cc1noc(C)c1-c1cnc(N)c(-c2ccc(C(=O)NCc3ccccc3)c(F)c2)n1. The molecule has 8 heteroatoms. The van der Waals surface area contributed by atoms with Crippen LogP contribution in [-0.2, 0) is 6.54 Å². The topological polar surface area (TPSA) is 107 Å². The molecule has 0 aliphatic heterocycles. The number of nitrogens with two attached hydrogens (primary N) is 1. The number of halogens is 1. The van der Waals surface area contributed by atoms with Gasteiger partial charge < -0.3 is 15.6 Å². The fourth-order valence-corrected chi connectivity index (χ4v) is 3.30. The summed E-state index contributed by atoms with van der Waals surface area (Å²) in [4.78, 5) is 21.1. The normalized spacial score (nSPS) is 9.91. The third kappa shape index (κ3) is 6.50. The van der Waals surface area contributed by atoms with E-state index in [4.69, 9.17) is 10.3 Å². The lowest BCUT2D eigenvalue weighted by Crippen LogP contribution is -2.23. The number of benzene rings is 2. The Morgan fingerprint density at radius 3 is 2.34 bits per heavy atom. The minimum atomic E-state index is -0.674. The summed E-state index contributed by atoms with van der Waals surface area (Å²) in [5, 5.41) is 6.64. The predicted molar refractivity (Wildman–Crippen MR) is 137 cm³/mol. The molecule has 184 valence electrons. The maximum Gasteiger partial charge on any atom is 0.254 e. The minimum absolute atomic E-state index is 0.0620. The molecule has 2 aromatic heterocycles. The second-order valence-electron chi connectivity index (χ2n) is 7.05. The van der Waals surface area contributed by atoms with Gasteiger partial charge in [-0.2, -0.15) is 0 Å². The first-order chi connectivity index (χ1) is 16.9. The molecule has 0 saturated heterocycles. The van der Waals surface area contributed by atoms with Gasteiger partial charge in [0, 0.05) is 12.1 Å². The van der Waals surface area contributed by atoms with Crippen molar-refractivity contribution in [2.75, 3.05) is 5.73 Å². The first-order valence-corrected chi connectivity index (χ1v) is 11.6. The Morgan fingerprint density at radius 2 is 1.74 bits per heavy atom. The Kier molecular flexibility index (Phi) is 10.1. The molecule has 1 amide bonds. The van der Waals surface area contributed by atoms with Crippen molar-refractivity contribution in [1.29, 1.82) is 0 Å². The number of carbonyl (C=O) groups excluding carboxylic acids is 1. The molecule has 2 heterocycles. The van der Waals surface area contributed by atoms with Crippen LogP contribution in [-0.4, -0.2) is 21.0 Å². The maximum absolute atomic E-state index is 14.8. The number of hydrogen-bond acceptors (Lipinski definition) is 6. The molecule has 0 saturated carbocycles. The van der Waals surface area contributed by atoms with Gasteiger partial charge >= 0.3 is 0 Å². The van der Waals surface area contributed by atoms with Crippen molar-refractivity contribution in [1.82, 2.24) is 20.4 Å². The minimum Gasteiger partial charge on any atom is -0.382 e. The smallest absolute Gasteiger partial charge is 0.254 e. The van der Waals surface area contributed by atoms with Crippen molar-refractivity contribution in [2.24, 2.45) is 0 Å². The summed E-state index contributed by atoms with van der Waals surface area (Å²) in [7, 11) is 0. The molecule has 0 unspecified atom stereocenters. The Hall–Kier alpha value is -4.07. The first-order valence-electron chi connectivity index (χ1n) is 11.6. The standard InChI is InChI=1S/C23H20FN5O2.2C2H6/c1-13-20(14(2)31-29-13)19-12-26-22(25)21(28-19)16-8-9-17(18(24)10-16)23(30)27-11-15-6-4-3-5-7-15;2*1-2/h3-10,12H,11H2,1-2H3,(H2,25,26)(H,27,30);2*1-2H3. The molecule has 4 aromatic rings. The van der Waals surface area contributed by atoms with Crippen molar-refractivity contribution < 1.29 is 13.7 Å². The van der Waals surface area contributed by atoms with E-state index in [0.717, 1.165) is 5.56 Å². The molecule has 2 aromatic carbocycles. The molecule has 0 radical (unpaired) electrons. The second-order valence-corrected chi connectivity index (χ2v) is 7.05. The van der Waals surface area contributed by atoms with Crippen LogP contribution >= 0.6 is 0 Å². The number of aryl methyl sites for hydroxylation is 2. The average molecular weight is 478 g/mol. The first kappa shape index (κ1) is 27.2. The summed E-state index contributed by atoms with van der Waals surface area (Å²) in [5.74, 6) is -0.432. The molecule has 0 bridgehead atoms. The van der Waals surface area contributed by atoms with Crippen LogP contribution in [0.4, 0.5) is 10.2 Å². The monoisotopic (exact) mass is 477 g/mol. The lowest BCUT2D eigenvalue weighted by Gasteiger charge is -2.10. The second kappa shape index (κ2) is 13.0. The Bertz CT molecular complexity index is 1240. The quantitative estimate of drug-likeness (QED) is 0.359. The van der Waals surface area contributed by atoms with Gasteiger partial charge in [0.1, 0.15) is 23.1 Å². The van der Waals surface area contributed by atoms with E-state index < -0.39 is 11.7 Å². The van der Waals surface area contributed by atoms with Gasteiger partial charge in [0.15, 0.2) is 0 Å². The number of nitrogens with zero attached hydrogens (tertiary/aromatic N) is 3. The van der Waals surface area contributed by atoms with Gasteiger partial charge in [-0.1, -0.05) is 69.2 Å². The van der Waals surface area contributed by atoms with E-state index >= 15 is 0 Å². The van der Waals surface area contributed by atoms with Crippen LogP contribution in [0.15, 0.2) is 59.3 Å². The molecular weight excluding hydrogens is 445 g/mol. The molecule has 4 rings (SSSR count). The van der Waals surface area contributed by atoms with Crippen LogP contribution in [0.2, 0.25) is 0 Å². The molecule has 35 heavy (non-hydrogen) atoms. The van der Waals surface area contributed by atoms with Gasteiger partial charge in [-0.25, -0.2) is 14.4 Å². The van der Waals surface area contributed by atoms with E-state index in [1.165, 1.54) is 18.3 Å². The van der Waals surface area contributed by atoms with Gasteiger partial charge in [-0.05, 0) is 31.5 Å². The number of carbonyl (C=O) groups is 1. The number of nitrogens with one attached hydrogen (secondary N) is 1. The summed E-state index contributed by atoms with van der Waals surface area (Å²) in [5.41, 5.74) is 9.48. The van der Waals surface area contributed by atoms with E-state index in [1.54, 1.807) is 19.9 Å². The van der Waals surface area contributed by atoms with Crippen molar-refractivity contribution in [3.05, 3.63) is 83.1 Å². The zero-order valence-electron chi connectivity index (χ0n) is 21.0. The number of rotatable bonds is 5. The average Bonchev–Trinajstić information content (AvgIpc) is 3.23. The highest BCUT2D eigenvalue weighted by Crippen LogP contribution is 2.30. The molecule has 0 aliphatic rings. The maximum atomic E-state index is 14.8. The Balaban J connectivity index is 0.00000103. The van der Waals surface area contributed by atoms with Gasteiger partial charge in [-0.15, -0.1) is 0 Å². The fraction of sp³-hybridized carbons (Fsp3) is 0.259. The summed E-state index contributed by atoms with van der Waals surface area (Å²) in [6, 6.07) is 13.6. The van der Waals surface area contributed by atoms with Gasteiger partial charge in [0.2, 0.25) is 0 Å². The molecule has 0 spiro atoms. The number of nitrogen functional groups attached to an aromatic ring is 1. The molecule has 7 nitrogen and oxygen atoms in total. The Labute approximate surface area is 205 Å². The highest BCUT2D eigenvalue weighted by Gasteiger charge is 2.18. The number of amides is 1.